The highest BCUT2D eigenvalue weighted by Crippen LogP contribution is 2.09. The highest BCUT2D eigenvalue weighted by molar-refractivity contribution is 5.79. The summed E-state index contributed by atoms with van der Waals surface area (Å²) >= 11 is 0. The van der Waals surface area contributed by atoms with Crippen LogP contribution < -0.4 is 10.6 Å². The van der Waals surface area contributed by atoms with Crippen LogP contribution in [-0.4, -0.2) is 76.1 Å². The average Bonchev–Trinajstić information content (AvgIpc) is 2.53. The van der Waals surface area contributed by atoms with E-state index in [1.54, 1.807) is 0 Å². The van der Waals surface area contributed by atoms with Gasteiger partial charge in [-0.3, -0.25) is 9.89 Å². The summed E-state index contributed by atoms with van der Waals surface area (Å²) in [6.07, 6.45) is 2.18. The molecule has 0 aromatic rings. The van der Waals surface area contributed by atoms with Gasteiger partial charge >= 0.3 is 0 Å². The Hall–Kier alpha value is -0.850. The van der Waals surface area contributed by atoms with Crippen molar-refractivity contribution in [1.29, 1.82) is 0 Å². The molecule has 2 unspecified atom stereocenters. The van der Waals surface area contributed by atoms with E-state index in [0.717, 1.165) is 64.9 Å². The SMILES string of the molecule is CCOCCCCNC(=NC)NCC(C)N1CCOCC1C. The van der Waals surface area contributed by atoms with Crippen LogP contribution in [0, 0.1) is 0 Å². The fourth-order valence-electron chi connectivity index (χ4n) is 2.66. The number of nitrogens with zero attached hydrogens (tertiary/aromatic N) is 2. The zero-order valence-corrected chi connectivity index (χ0v) is 14.7. The van der Waals surface area contributed by atoms with Gasteiger partial charge in [0.05, 0.1) is 13.2 Å². The van der Waals surface area contributed by atoms with E-state index in [4.69, 9.17) is 9.47 Å². The fraction of sp³-hybridized carbons (Fsp3) is 0.938. The summed E-state index contributed by atoms with van der Waals surface area (Å²) in [6, 6.07) is 0.953. The second-order valence-corrected chi connectivity index (χ2v) is 5.79. The first-order valence-electron chi connectivity index (χ1n) is 8.54. The van der Waals surface area contributed by atoms with Crippen molar-refractivity contribution in [3.8, 4) is 0 Å². The normalized spacial score (nSPS) is 21.6. The second kappa shape index (κ2) is 11.7. The standard InChI is InChI=1S/C16H34N4O2/c1-5-21-10-7-6-8-18-16(17-4)19-12-14(2)20-9-11-22-13-15(20)3/h14-15H,5-13H2,1-4H3,(H2,17,18,19). The first-order valence-corrected chi connectivity index (χ1v) is 8.54. The van der Waals surface area contributed by atoms with Crippen LogP contribution >= 0.6 is 0 Å². The van der Waals surface area contributed by atoms with E-state index >= 15 is 0 Å². The molecule has 6 nitrogen and oxygen atoms in total. The van der Waals surface area contributed by atoms with E-state index in [1.807, 2.05) is 14.0 Å². The number of hydrogen-bond donors (Lipinski definition) is 2. The third kappa shape index (κ3) is 7.42. The summed E-state index contributed by atoms with van der Waals surface area (Å²) in [6.45, 7) is 12.6. The van der Waals surface area contributed by atoms with Gasteiger partial charge in [0.15, 0.2) is 5.96 Å². The molecule has 0 radical (unpaired) electrons. The zero-order valence-electron chi connectivity index (χ0n) is 14.7. The van der Waals surface area contributed by atoms with E-state index in [-0.39, 0.29) is 0 Å². The number of morpholine rings is 1. The molecule has 0 saturated carbocycles. The molecular weight excluding hydrogens is 280 g/mol. The molecule has 0 aromatic carbocycles. The minimum atomic E-state index is 0.468. The predicted molar refractivity (Wildman–Crippen MR) is 91.5 cm³/mol. The molecule has 0 aliphatic carbocycles. The van der Waals surface area contributed by atoms with Gasteiger partial charge in [0.25, 0.3) is 0 Å². The lowest BCUT2D eigenvalue weighted by Crippen LogP contribution is -2.53. The molecule has 2 N–H and O–H groups in total. The Bertz CT molecular complexity index is 313. The van der Waals surface area contributed by atoms with Crippen molar-refractivity contribution in [2.45, 2.75) is 45.7 Å². The van der Waals surface area contributed by atoms with E-state index in [2.05, 4.69) is 34.4 Å². The Balaban J connectivity index is 2.17. The topological polar surface area (TPSA) is 58.1 Å². The van der Waals surface area contributed by atoms with E-state index in [0.29, 0.717) is 12.1 Å². The van der Waals surface area contributed by atoms with Crippen molar-refractivity contribution >= 4 is 5.96 Å². The minimum Gasteiger partial charge on any atom is -0.382 e. The van der Waals surface area contributed by atoms with Gasteiger partial charge in [0, 0.05) is 52.0 Å². The number of hydrogen-bond acceptors (Lipinski definition) is 4. The Morgan fingerprint density at radius 3 is 2.91 bits per heavy atom. The van der Waals surface area contributed by atoms with Gasteiger partial charge in [0.2, 0.25) is 0 Å². The van der Waals surface area contributed by atoms with Crippen LogP contribution in [0.3, 0.4) is 0 Å². The summed E-state index contributed by atoms with van der Waals surface area (Å²) in [5.74, 6) is 0.879. The first-order chi connectivity index (χ1) is 10.7. The van der Waals surface area contributed by atoms with Crippen LogP contribution in [0.1, 0.15) is 33.6 Å². The van der Waals surface area contributed by atoms with Crippen LogP contribution in [0.2, 0.25) is 0 Å². The molecule has 6 heteroatoms. The summed E-state index contributed by atoms with van der Waals surface area (Å²) in [4.78, 5) is 6.77. The van der Waals surface area contributed by atoms with Crippen molar-refractivity contribution < 1.29 is 9.47 Å². The molecule has 1 aliphatic rings. The maximum absolute atomic E-state index is 5.49. The quantitative estimate of drug-likeness (QED) is 0.379. The number of unbranched alkanes of at least 4 members (excludes halogenated alkanes) is 1. The molecule has 1 fully saturated rings. The second-order valence-electron chi connectivity index (χ2n) is 5.79. The lowest BCUT2D eigenvalue weighted by atomic mass is 10.2. The van der Waals surface area contributed by atoms with Gasteiger partial charge in [-0.05, 0) is 33.6 Å². The largest absolute Gasteiger partial charge is 0.382 e. The Labute approximate surface area is 135 Å². The highest BCUT2D eigenvalue weighted by atomic mass is 16.5. The van der Waals surface area contributed by atoms with Crippen molar-refractivity contribution in [3.63, 3.8) is 0 Å². The summed E-state index contributed by atoms with van der Waals surface area (Å²) in [7, 11) is 1.82. The van der Waals surface area contributed by atoms with E-state index in [1.165, 1.54) is 0 Å². The summed E-state index contributed by atoms with van der Waals surface area (Å²) < 4.78 is 10.8. The molecule has 1 aliphatic heterocycles. The molecule has 0 bridgehead atoms. The Morgan fingerprint density at radius 2 is 2.23 bits per heavy atom. The fourth-order valence-corrected chi connectivity index (χ4v) is 2.66. The summed E-state index contributed by atoms with van der Waals surface area (Å²) in [5.41, 5.74) is 0. The van der Waals surface area contributed by atoms with Crippen LogP contribution in [0.25, 0.3) is 0 Å². The lowest BCUT2D eigenvalue weighted by Gasteiger charge is -2.38. The summed E-state index contributed by atoms with van der Waals surface area (Å²) in [5, 5.41) is 6.77. The molecule has 1 rings (SSSR count). The third-order valence-electron chi connectivity index (χ3n) is 3.99. The predicted octanol–water partition coefficient (Wildman–Crippen LogP) is 1.08. The van der Waals surface area contributed by atoms with Gasteiger partial charge in [-0.25, -0.2) is 0 Å². The Morgan fingerprint density at radius 1 is 1.41 bits per heavy atom. The molecule has 0 aromatic heterocycles. The number of ether oxygens (including phenoxy) is 2. The van der Waals surface area contributed by atoms with Gasteiger partial charge in [-0.15, -0.1) is 0 Å². The van der Waals surface area contributed by atoms with Gasteiger partial charge in [-0.1, -0.05) is 0 Å². The van der Waals surface area contributed by atoms with Crippen molar-refractivity contribution in [2.24, 2.45) is 4.99 Å². The maximum Gasteiger partial charge on any atom is 0.191 e. The molecule has 130 valence electrons. The number of aliphatic imine (C=N–C) groups is 1. The third-order valence-corrected chi connectivity index (χ3v) is 3.99. The molecule has 1 saturated heterocycles. The number of nitrogens with one attached hydrogen (secondary N) is 2. The zero-order chi connectivity index (χ0) is 16.2. The molecular formula is C16H34N4O2. The van der Waals surface area contributed by atoms with E-state index < -0.39 is 0 Å². The first kappa shape index (κ1) is 19.2. The molecule has 2 atom stereocenters. The average molecular weight is 314 g/mol. The van der Waals surface area contributed by atoms with Crippen molar-refractivity contribution in [2.75, 3.05) is 53.1 Å². The molecule has 22 heavy (non-hydrogen) atoms. The number of rotatable bonds is 9. The van der Waals surface area contributed by atoms with Crippen LogP contribution in [0.5, 0.6) is 0 Å². The lowest BCUT2D eigenvalue weighted by molar-refractivity contribution is -0.0174. The van der Waals surface area contributed by atoms with E-state index in [9.17, 15) is 0 Å². The van der Waals surface area contributed by atoms with Crippen LogP contribution in [-0.2, 0) is 9.47 Å². The monoisotopic (exact) mass is 314 g/mol. The Kier molecular flexibility index (Phi) is 10.2. The van der Waals surface area contributed by atoms with Gasteiger partial charge in [-0.2, -0.15) is 0 Å². The van der Waals surface area contributed by atoms with Gasteiger partial charge < -0.3 is 20.1 Å². The molecule has 0 spiro atoms. The highest BCUT2D eigenvalue weighted by Gasteiger charge is 2.23. The van der Waals surface area contributed by atoms with Crippen LogP contribution in [0.15, 0.2) is 4.99 Å². The molecule has 1 heterocycles. The van der Waals surface area contributed by atoms with Gasteiger partial charge in [0.1, 0.15) is 0 Å². The van der Waals surface area contributed by atoms with Crippen molar-refractivity contribution in [3.05, 3.63) is 0 Å². The van der Waals surface area contributed by atoms with Crippen LogP contribution in [0.4, 0.5) is 0 Å². The molecule has 0 amide bonds. The smallest absolute Gasteiger partial charge is 0.191 e. The van der Waals surface area contributed by atoms with Crippen molar-refractivity contribution in [1.82, 2.24) is 15.5 Å². The maximum atomic E-state index is 5.49. The number of guanidine groups is 1. The minimum absolute atomic E-state index is 0.468.